The van der Waals surface area contributed by atoms with Crippen LogP contribution < -0.4 is 10.1 Å². The Hall–Kier alpha value is -2.15. The monoisotopic (exact) mass is 248 g/mol. The van der Waals surface area contributed by atoms with Crippen LogP contribution >= 0.6 is 0 Å². The molecular weight excluding hydrogens is 236 g/mol. The van der Waals surface area contributed by atoms with E-state index in [0.717, 1.165) is 19.5 Å². The van der Waals surface area contributed by atoms with Gasteiger partial charge in [0.25, 0.3) is 11.7 Å². The number of benzene rings is 1. The molecule has 1 fully saturated rings. The first kappa shape index (κ1) is 11.0. The van der Waals surface area contributed by atoms with Gasteiger partial charge >= 0.3 is 0 Å². The van der Waals surface area contributed by atoms with Crippen LogP contribution in [-0.2, 0) is 0 Å². The second kappa shape index (κ2) is 4.26. The first-order chi connectivity index (χ1) is 8.72. The van der Waals surface area contributed by atoms with Crippen molar-refractivity contribution in [3.05, 3.63) is 28.3 Å². The highest BCUT2D eigenvalue weighted by Gasteiger charge is 2.18. The van der Waals surface area contributed by atoms with E-state index in [0.29, 0.717) is 17.0 Å². The average Bonchev–Trinajstić information content (AvgIpc) is 2.96. The van der Waals surface area contributed by atoms with Crippen LogP contribution in [0.15, 0.2) is 18.2 Å². The quantitative estimate of drug-likeness (QED) is 0.629. The smallest absolute Gasteiger partial charge is 0.294 e. The SMILES string of the molecule is O=[N+]([O-])c1ccc2nc(O[C@H]3CCNC3)[nH]c2c1. The number of nitrogens with one attached hydrogen (secondary N) is 2. The van der Waals surface area contributed by atoms with Crippen LogP contribution in [0.4, 0.5) is 5.69 Å². The third-order valence-corrected chi connectivity index (χ3v) is 2.95. The molecule has 3 rings (SSSR count). The molecule has 7 heteroatoms. The van der Waals surface area contributed by atoms with E-state index in [1.54, 1.807) is 6.07 Å². The van der Waals surface area contributed by atoms with E-state index in [4.69, 9.17) is 4.74 Å². The predicted molar refractivity (Wildman–Crippen MR) is 64.7 cm³/mol. The molecule has 94 valence electrons. The van der Waals surface area contributed by atoms with E-state index in [1.165, 1.54) is 12.1 Å². The number of nitro benzene ring substituents is 1. The van der Waals surface area contributed by atoms with Crippen molar-refractivity contribution in [2.45, 2.75) is 12.5 Å². The Morgan fingerprint density at radius 2 is 2.39 bits per heavy atom. The molecule has 1 aromatic heterocycles. The average molecular weight is 248 g/mol. The zero-order chi connectivity index (χ0) is 12.5. The van der Waals surface area contributed by atoms with Crippen LogP contribution in [0.3, 0.4) is 0 Å². The van der Waals surface area contributed by atoms with Gasteiger partial charge in [0, 0.05) is 18.7 Å². The van der Waals surface area contributed by atoms with E-state index < -0.39 is 4.92 Å². The number of nitro groups is 1. The maximum Gasteiger partial charge on any atom is 0.294 e. The third kappa shape index (κ3) is 2.00. The van der Waals surface area contributed by atoms with Crippen LogP contribution in [0.25, 0.3) is 11.0 Å². The lowest BCUT2D eigenvalue weighted by molar-refractivity contribution is -0.384. The summed E-state index contributed by atoms with van der Waals surface area (Å²) in [5.74, 6) is 0. The van der Waals surface area contributed by atoms with Crippen molar-refractivity contribution < 1.29 is 9.66 Å². The predicted octanol–water partition coefficient (Wildman–Crippen LogP) is 1.21. The molecule has 0 bridgehead atoms. The summed E-state index contributed by atoms with van der Waals surface area (Å²) in [4.78, 5) is 17.4. The zero-order valence-electron chi connectivity index (χ0n) is 9.55. The molecule has 0 radical (unpaired) electrons. The van der Waals surface area contributed by atoms with Gasteiger partial charge in [0.2, 0.25) is 0 Å². The Bertz CT molecular complexity index is 589. The highest BCUT2D eigenvalue weighted by atomic mass is 16.6. The standard InChI is InChI=1S/C11H12N4O3/c16-15(17)7-1-2-9-10(5-7)14-11(13-9)18-8-3-4-12-6-8/h1-2,5,8,12H,3-4,6H2,(H,13,14)/t8-/m0/s1. The molecule has 0 spiro atoms. The Kier molecular flexibility index (Phi) is 2.60. The Labute approximate surface area is 102 Å². The number of imidazole rings is 1. The van der Waals surface area contributed by atoms with Crippen molar-refractivity contribution in [2.75, 3.05) is 13.1 Å². The second-order valence-electron chi connectivity index (χ2n) is 4.23. The number of rotatable bonds is 3. The van der Waals surface area contributed by atoms with Gasteiger partial charge in [0.1, 0.15) is 6.10 Å². The van der Waals surface area contributed by atoms with Crippen LogP contribution in [0.5, 0.6) is 6.01 Å². The first-order valence-corrected chi connectivity index (χ1v) is 5.74. The lowest BCUT2D eigenvalue weighted by atomic mass is 10.3. The number of non-ortho nitro benzene ring substituents is 1. The van der Waals surface area contributed by atoms with Gasteiger partial charge in [-0.05, 0) is 19.0 Å². The summed E-state index contributed by atoms with van der Waals surface area (Å²) in [5.41, 5.74) is 1.33. The number of aromatic amines is 1. The molecule has 1 aliphatic heterocycles. The van der Waals surface area contributed by atoms with Gasteiger partial charge in [0.05, 0.1) is 16.0 Å². The van der Waals surface area contributed by atoms with Gasteiger partial charge in [-0.15, -0.1) is 0 Å². The van der Waals surface area contributed by atoms with E-state index in [1.807, 2.05) is 0 Å². The van der Waals surface area contributed by atoms with Gasteiger partial charge in [-0.25, -0.2) is 0 Å². The lowest BCUT2D eigenvalue weighted by Crippen LogP contribution is -2.20. The normalized spacial score (nSPS) is 19.2. The molecule has 2 heterocycles. The summed E-state index contributed by atoms with van der Waals surface area (Å²) in [7, 11) is 0. The van der Waals surface area contributed by atoms with Crippen LogP contribution in [0.2, 0.25) is 0 Å². The molecule has 2 N–H and O–H groups in total. The Morgan fingerprint density at radius 3 is 3.11 bits per heavy atom. The molecule has 1 aliphatic rings. The highest BCUT2D eigenvalue weighted by molar-refractivity contribution is 5.78. The van der Waals surface area contributed by atoms with Crippen molar-refractivity contribution in [1.82, 2.24) is 15.3 Å². The topological polar surface area (TPSA) is 93.1 Å². The summed E-state index contributed by atoms with van der Waals surface area (Å²) in [5, 5.41) is 13.9. The van der Waals surface area contributed by atoms with Gasteiger partial charge in [-0.3, -0.25) is 10.1 Å². The molecule has 1 aromatic carbocycles. The number of nitrogens with zero attached hydrogens (tertiary/aromatic N) is 2. The molecule has 1 atom stereocenters. The third-order valence-electron chi connectivity index (χ3n) is 2.95. The summed E-state index contributed by atoms with van der Waals surface area (Å²) < 4.78 is 5.66. The van der Waals surface area contributed by atoms with E-state index >= 15 is 0 Å². The second-order valence-corrected chi connectivity index (χ2v) is 4.23. The molecule has 0 saturated carbocycles. The Balaban J connectivity index is 1.87. The van der Waals surface area contributed by atoms with Crippen LogP contribution in [0, 0.1) is 10.1 Å². The van der Waals surface area contributed by atoms with E-state index in [-0.39, 0.29) is 11.8 Å². The van der Waals surface area contributed by atoms with E-state index in [9.17, 15) is 10.1 Å². The highest BCUT2D eigenvalue weighted by Crippen LogP contribution is 2.22. The minimum absolute atomic E-state index is 0.0419. The molecule has 0 unspecified atom stereocenters. The lowest BCUT2D eigenvalue weighted by Gasteiger charge is -2.07. The summed E-state index contributed by atoms with van der Waals surface area (Å²) in [6.45, 7) is 1.74. The summed E-state index contributed by atoms with van der Waals surface area (Å²) in [6, 6.07) is 4.93. The Morgan fingerprint density at radius 1 is 1.50 bits per heavy atom. The minimum atomic E-state index is -0.429. The molecule has 0 aliphatic carbocycles. The first-order valence-electron chi connectivity index (χ1n) is 5.74. The van der Waals surface area contributed by atoms with Crippen molar-refractivity contribution in [3.8, 4) is 6.01 Å². The molecule has 0 amide bonds. The molecule has 1 saturated heterocycles. The molecule has 2 aromatic rings. The zero-order valence-corrected chi connectivity index (χ0v) is 9.55. The number of hydrogen-bond acceptors (Lipinski definition) is 5. The van der Waals surface area contributed by atoms with Gasteiger partial charge in [-0.1, -0.05) is 0 Å². The summed E-state index contributed by atoms with van der Waals surface area (Å²) in [6.07, 6.45) is 1.05. The van der Waals surface area contributed by atoms with Gasteiger partial charge in [-0.2, -0.15) is 4.98 Å². The number of aromatic nitrogens is 2. The van der Waals surface area contributed by atoms with Crippen molar-refractivity contribution >= 4 is 16.7 Å². The van der Waals surface area contributed by atoms with Gasteiger partial charge < -0.3 is 15.0 Å². The molecular formula is C11H12N4O3. The van der Waals surface area contributed by atoms with E-state index in [2.05, 4.69) is 15.3 Å². The number of hydrogen-bond donors (Lipinski definition) is 2. The summed E-state index contributed by atoms with van der Waals surface area (Å²) >= 11 is 0. The fourth-order valence-electron chi connectivity index (χ4n) is 2.03. The number of ether oxygens (including phenoxy) is 1. The largest absolute Gasteiger partial charge is 0.460 e. The van der Waals surface area contributed by atoms with Crippen LogP contribution in [-0.4, -0.2) is 34.1 Å². The minimum Gasteiger partial charge on any atom is -0.460 e. The fourth-order valence-corrected chi connectivity index (χ4v) is 2.03. The molecule has 18 heavy (non-hydrogen) atoms. The van der Waals surface area contributed by atoms with Crippen LogP contribution in [0.1, 0.15) is 6.42 Å². The van der Waals surface area contributed by atoms with Crippen molar-refractivity contribution in [2.24, 2.45) is 0 Å². The number of fused-ring (bicyclic) bond motifs is 1. The van der Waals surface area contributed by atoms with Crippen molar-refractivity contribution in [1.29, 1.82) is 0 Å². The fraction of sp³-hybridized carbons (Fsp3) is 0.364. The van der Waals surface area contributed by atoms with Gasteiger partial charge in [0.15, 0.2) is 0 Å². The molecule has 7 nitrogen and oxygen atoms in total. The van der Waals surface area contributed by atoms with Crippen molar-refractivity contribution in [3.63, 3.8) is 0 Å². The maximum atomic E-state index is 10.7. The number of H-pyrrole nitrogens is 1. The maximum absolute atomic E-state index is 10.7.